The zero-order chi connectivity index (χ0) is 13.8. The number of nitrogens with one attached hydrogen (secondary N) is 1. The second kappa shape index (κ2) is 5.88. The van der Waals surface area contributed by atoms with Crippen molar-refractivity contribution in [1.82, 2.24) is 9.97 Å². The second-order valence-electron chi connectivity index (χ2n) is 3.86. The number of rotatable bonds is 4. The average Bonchev–Trinajstić information content (AvgIpc) is 2.35. The van der Waals surface area contributed by atoms with Gasteiger partial charge in [0.15, 0.2) is 0 Å². The molecule has 19 heavy (non-hydrogen) atoms. The van der Waals surface area contributed by atoms with E-state index in [0.29, 0.717) is 17.1 Å². The van der Waals surface area contributed by atoms with E-state index in [1.165, 1.54) is 18.2 Å². The highest BCUT2D eigenvalue weighted by molar-refractivity contribution is 7.98. The van der Waals surface area contributed by atoms with Crippen LogP contribution in [0.4, 0.5) is 4.39 Å². The summed E-state index contributed by atoms with van der Waals surface area (Å²) in [5, 5.41) is 9.85. The molecule has 2 aromatic rings. The van der Waals surface area contributed by atoms with Crippen molar-refractivity contribution in [3.8, 4) is 17.0 Å². The van der Waals surface area contributed by atoms with Crippen LogP contribution in [0.2, 0.25) is 0 Å². The number of halogens is 1. The quantitative estimate of drug-likeness (QED) is 0.903. The highest BCUT2D eigenvalue weighted by Crippen LogP contribution is 2.24. The lowest BCUT2D eigenvalue weighted by molar-refractivity contribution is 0.451. The zero-order valence-corrected chi connectivity index (χ0v) is 11.1. The van der Waals surface area contributed by atoms with Crippen LogP contribution in [-0.4, -0.2) is 20.8 Å². The Balaban J connectivity index is 2.45. The van der Waals surface area contributed by atoms with E-state index in [9.17, 15) is 14.3 Å². The van der Waals surface area contributed by atoms with E-state index in [1.807, 2.05) is 6.92 Å². The van der Waals surface area contributed by atoms with Crippen molar-refractivity contribution in [2.75, 3.05) is 5.75 Å². The van der Waals surface area contributed by atoms with Gasteiger partial charge in [0.1, 0.15) is 17.2 Å². The summed E-state index contributed by atoms with van der Waals surface area (Å²) in [6, 6.07) is 5.49. The molecule has 100 valence electrons. The Morgan fingerprint density at radius 2 is 2.26 bits per heavy atom. The molecule has 1 heterocycles. The summed E-state index contributed by atoms with van der Waals surface area (Å²) in [6.45, 7) is 1.99. The molecule has 1 aromatic carbocycles. The van der Waals surface area contributed by atoms with Crippen LogP contribution in [0.3, 0.4) is 0 Å². The molecular weight excluding hydrogens is 267 g/mol. The van der Waals surface area contributed by atoms with Gasteiger partial charge >= 0.3 is 0 Å². The minimum Gasteiger partial charge on any atom is -0.493 e. The smallest absolute Gasteiger partial charge is 0.262 e. The van der Waals surface area contributed by atoms with Gasteiger partial charge in [-0.05, 0) is 23.4 Å². The third kappa shape index (κ3) is 3.14. The maximum atomic E-state index is 13.1. The SMILES string of the molecule is CCSCc1nc(O)c(-c2cccc(F)c2)c(=O)[nH]1. The van der Waals surface area contributed by atoms with E-state index in [2.05, 4.69) is 9.97 Å². The number of hydrogen-bond donors (Lipinski definition) is 2. The Kier molecular flexibility index (Phi) is 4.21. The van der Waals surface area contributed by atoms with Crippen molar-refractivity contribution in [3.63, 3.8) is 0 Å². The zero-order valence-electron chi connectivity index (χ0n) is 10.3. The van der Waals surface area contributed by atoms with Gasteiger partial charge in [0.25, 0.3) is 5.56 Å². The largest absolute Gasteiger partial charge is 0.493 e. The van der Waals surface area contributed by atoms with Crippen molar-refractivity contribution < 1.29 is 9.50 Å². The number of aromatic amines is 1. The highest BCUT2D eigenvalue weighted by Gasteiger charge is 2.13. The minimum absolute atomic E-state index is 0.00949. The molecule has 0 aliphatic heterocycles. The van der Waals surface area contributed by atoms with Crippen molar-refractivity contribution in [1.29, 1.82) is 0 Å². The fourth-order valence-electron chi connectivity index (χ4n) is 1.68. The van der Waals surface area contributed by atoms with Crippen LogP contribution in [0.25, 0.3) is 11.1 Å². The van der Waals surface area contributed by atoms with Gasteiger partial charge in [-0.15, -0.1) is 0 Å². The lowest BCUT2D eigenvalue weighted by Gasteiger charge is -2.05. The van der Waals surface area contributed by atoms with E-state index in [-0.39, 0.29) is 11.4 Å². The minimum atomic E-state index is -0.470. The van der Waals surface area contributed by atoms with Crippen LogP contribution in [0.15, 0.2) is 29.1 Å². The molecule has 4 nitrogen and oxygen atoms in total. The summed E-state index contributed by atoms with van der Waals surface area (Å²) in [7, 11) is 0. The van der Waals surface area contributed by atoms with Gasteiger partial charge in [0, 0.05) is 0 Å². The number of benzene rings is 1. The predicted molar refractivity (Wildman–Crippen MR) is 73.8 cm³/mol. The average molecular weight is 280 g/mol. The molecule has 6 heteroatoms. The maximum Gasteiger partial charge on any atom is 0.262 e. The molecule has 0 saturated carbocycles. The van der Waals surface area contributed by atoms with Crippen molar-refractivity contribution in [2.24, 2.45) is 0 Å². The van der Waals surface area contributed by atoms with Crippen LogP contribution < -0.4 is 5.56 Å². The number of aromatic hydroxyl groups is 1. The Labute approximate surface area is 113 Å². The number of thioether (sulfide) groups is 1. The summed E-state index contributed by atoms with van der Waals surface area (Å²) in [5.74, 6) is 0.969. The van der Waals surface area contributed by atoms with Crippen LogP contribution in [0.1, 0.15) is 12.7 Å². The van der Waals surface area contributed by atoms with Crippen molar-refractivity contribution in [2.45, 2.75) is 12.7 Å². The summed E-state index contributed by atoms with van der Waals surface area (Å²) >= 11 is 1.58. The summed E-state index contributed by atoms with van der Waals surface area (Å²) in [4.78, 5) is 18.5. The third-order valence-electron chi connectivity index (χ3n) is 2.51. The summed E-state index contributed by atoms with van der Waals surface area (Å²) in [6.07, 6.45) is 0. The molecule has 1 aromatic heterocycles. The molecule has 0 aliphatic rings. The Morgan fingerprint density at radius 3 is 2.89 bits per heavy atom. The van der Waals surface area contributed by atoms with E-state index in [1.54, 1.807) is 17.8 Å². The fourth-order valence-corrected chi connectivity index (χ4v) is 2.21. The first-order chi connectivity index (χ1) is 9.11. The highest BCUT2D eigenvalue weighted by atomic mass is 32.2. The molecule has 0 fully saturated rings. The lowest BCUT2D eigenvalue weighted by atomic mass is 10.1. The van der Waals surface area contributed by atoms with Crippen molar-refractivity contribution >= 4 is 11.8 Å². The van der Waals surface area contributed by atoms with Crippen molar-refractivity contribution in [3.05, 3.63) is 46.3 Å². The van der Waals surface area contributed by atoms with E-state index >= 15 is 0 Å². The first kappa shape index (κ1) is 13.6. The molecule has 0 unspecified atom stereocenters. The van der Waals surface area contributed by atoms with Crippen LogP contribution in [0.5, 0.6) is 5.88 Å². The molecule has 0 spiro atoms. The predicted octanol–water partition coefficient (Wildman–Crippen LogP) is 2.53. The Bertz CT molecular complexity index is 643. The number of nitrogens with zero attached hydrogens (tertiary/aromatic N) is 1. The van der Waals surface area contributed by atoms with Gasteiger partial charge in [0.05, 0.1) is 5.75 Å². The van der Waals surface area contributed by atoms with E-state index in [4.69, 9.17) is 0 Å². The molecule has 0 radical (unpaired) electrons. The van der Waals surface area contributed by atoms with Crippen LogP contribution in [0, 0.1) is 5.82 Å². The number of aromatic nitrogens is 2. The molecule has 0 aliphatic carbocycles. The second-order valence-corrected chi connectivity index (χ2v) is 5.13. The van der Waals surface area contributed by atoms with Gasteiger partial charge in [0.2, 0.25) is 5.88 Å². The summed E-state index contributed by atoms with van der Waals surface area (Å²) in [5.41, 5.74) is -0.171. The van der Waals surface area contributed by atoms with Crippen LogP contribution in [-0.2, 0) is 5.75 Å². The van der Waals surface area contributed by atoms with E-state index in [0.717, 1.165) is 5.75 Å². The number of H-pyrrole nitrogens is 1. The Morgan fingerprint density at radius 1 is 1.47 bits per heavy atom. The molecule has 2 rings (SSSR count). The van der Waals surface area contributed by atoms with Gasteiger partial charge in [-0.1, -0.05) is 19.1 Å². The van der Waals surface area contributed by atoms with E-state index < -0.39 is 11.4 Å². The first-order valence-corrected chi connectivity index (χ1v) is 6.93. The van der Waals surface area contributed by atoms with Crippen LogP contribution >= 0.6 is 11.8 Å². The Hall–Kier alpha value is -1.82. The molecule has 0 atom stereocenters. The molecule has 2 N–H and O–H groups in total. The molecule has 0 bridgehead atoms. The standard InChI is InChI=1S/C13H13FN2O2S/c1-2-19-7-10-15-12(17)11(13(18)16-10)8-4-3-5-9(14)6-8/h3-6H,2,7H2,1H3,(H2,15,16,17,18). The van der Waals surface area contributed by atoms with Gasteiger partial charge < -0.3 is 10.1 Å². The maximum absolute atomic E-state index is 13.1. The fraction of sp³-hybridized carbons (Fsp3) is 0.231. The summed E-state index contributed by atoms with van der Waals surface area (Å²) < 4.78 is 13.1. The lowest BCUT2D eigenvalue weighted by Crippen LogP contribution is -2.13. The van der Waals surface area contributed by atoms with Gasteiger partial charge in [-0.2, -0.15) is 16.7 Å². The normalized spacial score (nSPS) is 10.6. The van der Waals surface area contributed by atoms with Gasteiger partial charge in [-0.25, -0.2) is 4.39 Å². The topological polar surface area (TPSA) is 66.0 Å². The monoisotopic (exact) mass is 280 g/mol. The van der Waals surface area contributed by atoms with Gasteiger partial charge in [-0.3, -0.25) is 4.79 Å². The molecule has 0 amide bonds. The third-order valence-corrected chi connectivity index (χ3v) is 3.39. The molecular formula is C13H13FN2O2S. The first-order valence-electron chi connectivity index (χ1n) is 5.77. The number of hydrogen-bond acceptors (Lipinski definition) is 4. The molecule has 0 saturated heterocycles.